The maximum atomic E-state index is 13.5. The van der Waals surface area contributed by atoms with Gasteiger partial charge in [-0.2, -0.15) is 0 Å². The lowest BCUT2D eigenvalue weighted by molar-refractivity contribution is 0.419. The molecule has 1 aromatic carbocycles. The molecule has 1 aliphatic heterocycles. The zero-order valence-corrected chi connectivity index (χ0v) is 16.8. The Morgan fingerprint density at radius 3 is 2.59 bits per heavy atom. The molecule has 162 valence electrons. The van der Waals surface area contributed by atoms with E-state index in [0.29, 0.717) is 36.2 Å². The first-order valence-electron chi connectivity index (χ1n) is 10.3. The smallest absolute Gasteiger partial charge is 0.223 e. The molecule has 0 atom stereocenters. The molecule has 0 unspecified atom stereocenters. The van der Waals surface area contributed by atoms with Crippen LogP contribution in [-0.4, -0.2) is 49.7 Å². The molecule has 0 spiro atoms. The molecule has 0 amide bonds. The van der Waals surface area contributed by atoms with Gasteiger partial charge in [-0.1, -0.05) is 10.4 Å². The third-order valence-corrected chi connectivity index (χ3v) is 5.97. The van der Waals surface area contributed by atoms with Crippen molar-refractivity contribution >= 4 is 11.8 Å². The molecule has 2 aliphatic rings. The van der Waals surface area contributed by atoms with Crippen molar-refractivity contribution in [2.45, 2.75) is 24.8 Å². The zero-order valence-electron chi connectivity index (χ0n) is 16.8. The average Bonchev–Trinajstić information content (AvgIpc) is 3.49. The lowest BCUT2D eigenvalue weighted by Gasteiger charge is -2.37. The van der Waals surface area contributed by atoms with E-state index >= 15 is 0 Å². The van der Waals surface area contributed by atoms with E-state index in [-0.39, 0.29) is 6.04 Å². The van der Waals surface area contributed by atoms with Crippen molar-refractivity contribution in [3.63, 3.8) is 0 Å². The molecule has 1 fully saturated rings. The number of benzene rings is 1. The standard InChI is InChI=1S/C21H18F2N8O/c22-15-5-11-3-14(4-12(11)6-16(15)23)26-21-24-2-1-17(27-21)19-7-20(29-32-19)31-9-13(10-31)18-8-25-30-28-18/h1-2,5-8,13-14H,3-4,9-10H2,(H,24,26,27)(H,25,28,30). The summed E-state index contributed by atoms with van der Waals surface area (Å²) < 4.78 is 32.5. The molecule has 0 bridgehead atoms. The number of aromatic amines is 1. The molecule has 2 N–H and O–H groups in total. The van der Waals surface area contributed by atoms with Crippen molar-refractivity contribution in [3.8, 4) is 11.5 Å². The predicted molar refractivity (Wildman–Crippen MR) is 110 cm³/mol. The van der Waals surface area contributed by atoms with Gasteiger partial charge >= 0.3 is 0 Å². The summed E-state index contributed by atoms with van der Waals surface area (Å²) in [5.41, 5.74) is 3.14. The zero-order chi connectivity index (χ0) is 21.7. The van der Waals surface area contributed by atoms with Gasteiger partial charge < -0.3 is 14.7 Å². The van der Waals surface area contributed by atoms with Crippen LogP contribution in [0.4, 0.5) is 20.5 Å². The van der Waals surface area contributed by atoms with E-state index in [1.54, 1.807) is 12.3 Å². The van der Waals surface area contributed by atoms with Gasteiger partial charge in [-0.3, -0.25) is 5.10 Å². The van der Waals surface area contributed by atoms with Crippen molar-refractivity contribution in [3.05, 3.63) is 65.1 Å². The first-order valence-corrected chi connectivity index (χ1v) is 10.3. The highest BCUT2D eigenvalue weighted by Gasteiger charge is 2.32. The number of nitrogens with zero attached hydrogens (tertiary/aromatic N) is 6. The number of anilines is 2. The highest BCUT2D eigenvalue weighted by molar-refractivity contribution is 5.59. The van der Waals surface area contributed by atoms with Gasteiger partial charge in [0.05, 0.1) is 5.69 Å². The SMILES string of the molecule is Fc1cc2c(cc1F)CC(Nc1nccc(-c3cc(N4CC(c5c[nH]nn5)C4)no3)n1)C2. The molecule has 1 saturated heterocycles. The van der Waals surface area contributed by atoms with Crippen LogP contribution in [-0.2, 0) is 12.8 Å². The number of aromatic nitrogens is 6. The molecule has 4 aromatic rings. The van der Waals surface area contributed by atoms with E-state index in [2.05, 4.69) is 40.8 Å². The van der Waals surface area contributed by atoms with Gasteiger partial charge in [-0.25, -0.2) is 18.7 Å². The molecule has 0 radical (unpaired) electrons. The molecular weight excluding hydrogens is 418 g/mol. The number of hydrogen-bond acceptors (Lipinski definition) is 8. The molecule has 1 aliphatic carbocycles. The van der Waals surface area contributed by atoms with Gasteiger partial charge in [0, 0.05) is 43.5 Å². The fourth-order valence-corrected chi connectivity index (χ4v) is 4.26. The van der Waals surface area contributed by atoms with Crippen LogP contribution in [0, 0.1) is 11.6 Å². The third-order valence-electron chi connectivity index (χ3n) is 5.97. The summed E-state index contributed by atoms with van der Waals surface area (Å²) in [7, 11) is 0. The number of fused-ring (bicyclic) bond motifs is 1. The summed E-state index contributed by atoms with van der Waals surface area (Å²) in [5.74, 6) is 0.379. The molecule has 4 heterocycles. The van der Waals surface area contributed by atoms with Crippen LogP contribution in [0.2, 0.25) is 0 Å². The van der Waals surface area contributed by atoms with E-state index in [4.69, 9.17) is 4.52 Å². The van der Waals surface area contributed by atoms with Gasteiger partial charge in [-0.05, 0) is 42.2 Å². The first kappa shape index (κ1) is 18.8. The van der Waals surface area contributed by atoms with E-state index in [0.717, 1.165) is 35.7 Å². The molecule has 6 rings (SSSR count). The van der Waals surface area contributed by atoms with Gasteiger partial charge in [0.2, 0.25) is 5.95 Å². The molecule has 9 nitrogen and oxygen atoms in total. The fraction of sp³-hybridized carbons (Fsp3) is 0.286. The lowest BCUT2D eigenvalue weighted by atomic mass is 9.97. The topological polar surface area (TPSA) is 109 Å². The number of H-pyrrole nitrogens is 1. The highest BCUT2D eigenvalue weighted by Crippen LogP contribution is 2.32. The van der Waals surface area contributed by atoms with Crippen molar-refractivity contribution in [1.29, 1.82) is 0 Å². The van der Waals surface area contributed by atoms with Gasteiger partial charge in [0.1, 0.15) is 5.69 Å². The Hall–Kier alpha value is -3.89. The van der Waals surface area contributed by atoms with Crippen LogP contribution in [0.25, 0.3) is 11.5 Å². The van der Waals surface area contributed by atoms with E-state index in [1.807, 2.05) is 12.3 Å². The molecule has 11 heteroatoms. The fourth-order valence-electron chi connectivity index (χ4n) is 4.26. The Balaban J connectivity index is 1.13. The Kier molecular flexibility index (Phi) is 4.33. The number of rotatable bonds is 5. The van der Waals surface area contributed by atoms with E-state index in [1.165, 1.54) is 12.1 Å². The summed E-state index contributed by atoms with van der Waals surface area (Å²) in [5, 5.41) is 18.0. The largest absolute Gasteiger partial charge is 0.352 e. The van der Waals surface area contributed by atoms with E-state index < -0.39 is 11.6 Å². The van der Waals surface area contributed by atoms with Gasteiger partial charge in [0.25, 0.3) is 0 Å². The van der Waals surface area contributed by atoms with Crippen LogP contribution in [0.1, 0.15) is 22.7 Å². The minimum absolute atomic E-state index is 0.0405. The lowest BCUT2D eigenvalue weighted by Crippen LogP contribution is -2.45. The van der Waals surface area contributed by atoms with Crippen molar-refractivity contribution < 1.29 is 13.3 Å². The molecule has 32 heavy (non-hydrogen) atoms. The predicted octanol–water partition coefficient (Wildman–Crippen LogP) is 2.71. The highest BCUT2D eigenvalue weighted by atomic mass is 19.2. The van der Waals surface area contributed by atoms with Crippen molar-refractivity contribution in [1.82, 2.24) is 30.5 Å². The maximum Gasteiger partial charge on any atom is 0.223 e. The van der Waals surface area contributed by atoms with Crippen LogP contribution in [0.5, 0.6) is 0 Å². The van der Waals surface area contributed by atoms with Gasteiger partial charge in [0.15, 0.2) is 23.2 Å². The average molecular weight is 436 g/mol. The summed E-state index contributed by atoms with van der Waals surface area (Å²) in [6.45, 7) is 1.58. The maximum absolute atomic E-state index is 13.5. The second-order valence-electron chi connectivity index (χ2n) is 8.10. The number of halogens is 2. The number of nitrogens with one attached hydrogen (secondary N) is 2. The third kappa shape index (κ3) is 3.35. The van der Waals surface area contributed by atoms with Crippen LogP contribution < -0.4 is 10.2 Å². The minimum atomic E-state index is -0.821. The Bertz CT molecular complexity index is 1240. The second-order valence-corrected chi connectivity index (χ2v) is 8.10. The first-order chi connectivity index (χ1) is 15.6. The second kappa shape index (κ2) is 7.36. The molecule has 3 aromatic heterocycles. The number of hydrogen-bond donors (Lipinski definition) is 2. The summed E-state index contributed by atoms with van der Waals surface area (Å²) in [6, 6.07) is 6.09. The Morgan fingerprint density at radius 2 is 1.88 bits per heavy atom. The van der Waals surface area contributed by atoms with E-state index in [9.17, 15) is 8.78 Å². The summed E-state index contributed by atoms with van der Waals surface area (Å²) in [4.78, 5) is 10.9. The van der Waals surface area contributed by atoms with Crippen molar-refractivity contribution in [2.75, 3.05) is 23.3 Å². The Morgan fingerprint density at radius 1 is 1.09 bits per heavy atom. The normalized spacial score (nSPS) is 16.2. The quantitative estimate of drug-likeness (QED) is 0.492. The molecule has 0 saturated carbocycles. The monoisotopic (exact) mass is 436 g/mol. The van der Waals surface area contributed by atoms with Crippen LogP contribution in [0.15, 0.2) is 41.2 Å². The summed E-state index contributed by atoms with van der Waals surface area (Å²) >= 11 is 0. The van der Waals surface area contributed by atoms with Crippen molar-refractivity contribution in [2.24, 2.45) is 0 Å². The van der Waals surface area contributed by atoms with Crippen LogP contribution >= 0.6 is 0 Å². The van der Waals surface area contributed by atoms with Gasteiger partial charge in [-0.15, -0.1) is 5.10 Å². The minimum Gasteiger partial charge on any atom is -0.352 e. The Labute approximate surface area is 180 Å². The summed E-state index contributed by atoms with van der Waals surface area (Å²) in [6.07, 6.45) is 4.60. The van der Waals surface area contributed by atoms with Crippen LogP contribution in [0.3, 0.4) is 0 Å². The molecular formula is C21H18F2N8O.